The van der Waals surface area contributed by atoms with Gasteiger partial charge < -0.3 is 64.5 Å². The van der Waals surface area contributed by atoms with Crippen LogP contribution in [0.1, 0.15) is 128 Å². The molecule has 4 saturated carbocycles. The van der Waals surface area contributed by atoms with Crippen LogP contribution in [0.5, 0.6) is 23.0 Å². The third-order valence-corrected chi connectivity index (χ3v) is 28.5. The summed E-state index contributed by atoms with van der Waals surface area (Å²) in [6.07, 6.45) is 5.48. The predicted molar refractivity (Wildman–Crippen MR) is 506 cm³/mol. The van der Waals surface area contributed by atoms with Gasteiger partial charge in [-0.25, -0.2) is 0 Å². The van der Waals surface area contributed by atoms with E-state index < -0.39 is 128 Å². The molecule has 0 bridgehead atoms. The number of nitriles is 8. The minimum absolute atomic E-state index is 0. The molecule has 20 rings (SSSR count). The maximum Gasteiger partial charge on any atom is 1.00 e. The van der Waals surface area contributed by atoms with E-state index in [1.54, 1.807) is 168 Å². The zero-order valence-electron chi connectivity index (χ0n) is 74.5. The zero-order chi connectivity index (χ0) is 97.4. The zero-order valence-corrected chi connectivity index (χ0v) is 77.5. The molecule has 4 aliphatic carbocycles. The van der Waals surface area contributed by atoms with Crippen LogP contribution in [-0.2, 0) is 68.7 Å². The molecular weight excluding hydrogens is 1870 g/mol. The van der Waals surface area contributed by atoms with Crippen LogP contribution >= 0.6 is 46.4 Å². The minimum Gasteiger partial charge on any atom is -0.870 e. The number of nitrogens with zero attached hydrogens (tertiary/aromatic N) is 14. The van der Waals surface area contributed by atoms with Crippen molar-refractivity contribution in [3.63, 3.8) is 0 Å². The molecule has 0 saturated heterocycles. The van der Waals surface area contributed by atoms with Gasteiger partial charge in [0.15, 0.2) is 44.8 Å². The van der Waals surface area contributed by atoms with Crippen molar-refractivity contribution in [2.45, 2.75) is 83.3 Å². The van der Waals surface area contributed by atoms with E-state index in [1.807, 2.05) is 103 Å². The Hall–Kier alpha value is -15.1. The van der Waals surface area contributed by atoms with Crippen molar-refractivity contribution in [1.82, 2.24) is 29.7 Å². The second-order valence-electron chi connectivity index (χ2n) is 34.6. The summed E-state index contributed by atoms with van der Waals surface area (Å²) in [6, 6.07) is 85.8. The van der Waals surface area contributed by atoms with E-state index in [-0.39, 0.29) is 102 Å². The van der Waals surface area contributed by atoms with Crippen LogP contribution in [0.2, 0.25) is 20.1 Å². The third-order valence-electron chi connectivity index (χ3n) is 27.7. The summed E-state index contributed by atoms with van der Waals surface area (Å²) in [5, 5.41) is 140. The number of rotatable bonds is 12. The quantitative estimate of drug-likeness (QED) is 0.0560. The molecule has 141 heavy (non-hydrogen) atoms. The van der Waals surface area contributed by atoms with Crippen LogP contribution in [0.3, 0.4) is 0 Å². The fourth-order valence-electron chi connectivity index (χ4n) is 22.4. The van der Waals surface area contributed by atoms with Gasteiger partial charge in [-0.1, -0.05) is 231 Å². The van der Waals surface area contributed by atoms with Crippen LogP contribution in [0, 0.1) is 138 Å². The Morgan fingerprint density at radius 1 is 0.348 bits per heavy atom. The van der Waals surface area contributed by atoms with Gasteiger partial charge in [0.05, 0.1) is 145 Å². The van der Waals surface area contributed by atoms with Crippen molar-refractivity contribution in [2.24, 2.45) is 47.3 Å². The molecule has 0 unspecified atom stereocenters. The van der Waals surface area contributed by atoms with Gasteiger partial charge in [0.25, 0.3) is 0 Å². The van der Waals surface area contributed by atoms with E-state index in [0.717, 1.165) is 11.1 Å². The van der Waals surface area contributed by atoms with Gasteiger partial charge in [-0.05, 0) is 93.0 Å². The smallest absolute Gasteiger partial charge is 0.870 e. The topological polar surface area (TPSA) is 494 Å². The molecule has 2 amide bonds. The van der Waals surface area contributed by atoms with Crippen LogP contribution < -0.4 is 37.8 Å². The number of fused-ring (bicyclic) bond motifs is 12. The number of aromatic nitrogens is 4. The summed E-state index contributed by atoms with van der Waals surface area (Å²) in [6.45, 7) is 0. The van der Waals surface area contributed by atoms with Crippen molar-refractivity contribution in [1.29, 1.82) is 42.1 Å². The van der Waals surface area contributed by atoms with Crippen LogP contribution in [-0.4, -0.2) is 120 Å². The first-order valence-corrected chi connectivity index (χ1v) is 44.2. The first-order valence-electron chi connectivity index (χ1n) is 42.7. The van der Waals surface area contributed by atoms with Gasteiger partial charge in [-0.15, -0.1) is 0 Å². The molecule has 4 aliphatic heterocycles. The number of esters is 1. The van der Waals surface area contributed by atoms with E-state index in [9.17, 15) is 86.8 Å². The molecule has 8 heterocycles. The fourth-order valence-corrected chi connectivity index (χ4v) is 22.9. The number of ether oxygens (including phenoxy) is 5. The Balaban J connectivity index is 0.000000157. The van der Waals surface area contributed by atoms with Crippen molar-refractivity contribution < 1.29 is 92.7 Å². The Bertz CT molecular complexity index is 7020. The number of amides is 2. The van der Waals surface area contributed by atoms with E-state index in [4.69, 9.17) is 70.1 Å². The number of methoxy groups -OCH3 is 1. The molecule has 0 spiro atoms. The van der Waals surface area contributed by atoms with Gasteiger partial charge >= 0.3 is 30.8 Å². The summed E-state index contributed by atoms with van der Waals surface area (Å²) >= 11 is 24.8. The van der Waals surface area contributed by atoms with Gasteiger partial charge in [0, 0.05) is 101 Å². The molecule has 34 heteroatoms. The summed E-state index contributed by atoms with van der Waals surface area (Å²) in [4.78, 5) is 73.3. The summed E-state index contributed by atoms with van der Waals surface area (Å²) < 4.78 is 31.3. The number of hydrogen-bond acceptors (Lipinski definition) is 26. The molecule has 0 radical (unpaired) electrons. The molecule has 12 aromatic rings. The number of aliphatic carboxylic acids is 1. The van der Waals surface area contributed by atoms with Gasteiger partial charge in [0.2, 0.25) is 11.8 Å². The second-order valence-corrected chi connectivity index (χ2v) is 36.3. The number of hydrogen-bond donors (Lipinski definition) is 5. The van der Waals surface area contributed by atoms with Crippen molar-refractivity contribution in [3.05, 3.63) is 377 Å². The number of carbonyl (C=O) groups is 4. The van der Waals surface area contributed by atoms with Gasteiger partial charge in [-0.3, -0.25) is 39.1 Å². The molecule has 20 atom stereocenters. The molecule has 8 aliphatic rings. The Morgan fingerprint density at radius 2 is 0.553 bits per heavy atom. The number of aliphatic hydroxyl groups is 4. The maximum absolute atomic E-state index is 13.6. The van der Waals surface area contributed by atoms with E-state index in [2.05, 4.69) is 56.4 Å². The number of carboxylic acid groups (broad SMARTS) is 1. The number of pyridine rings is 4. The number of halogens is 4. The fraction of sp³-hybridized carbons (Fsp3) is 0.252. The Labute approximate surface area is 843 Å². The third kappa shape index (κ3) is 15.3. The monoisotopic (exact) mass is 1950 g/mol. The average Bonchev–Trinajstić information content (AvgIpc) is 1.51. The molecule has 702 valence electrons. The molecular formula is C107H85Cl4LiN14O15. The second kappa shape index (κ2) is 39.7. The Morgan fingerprint density at radius 3 is 0.752 bits per heavy atom. The molecule has 4 aromatic heterocycles. The van der Waals surface area contributed by atoms with Gasteiger partial charge in [0.1, 0.15) is 45.8 Å². The first-order chi connectivity index (χ1) is 65.9. The van der Waals surface area contributed by atoms with E-state index in [1.165, 1.54) is 53.8 Å². The van der Waals surface area contributed by atoms with Crippen molar-refractivity contribution in [3.8, 4) is 71.6 Å². The normalized spacial score (nSPS) is 27.8. The predicted octanol–water partition coefficient (Wildman–Crippen LogP) is 13.1. The van der Waals surface area contributed by atoms with Crippen molar-refractivity contribution >= 4 is 70.2 Å². The molecule has 6 N–H and O–H groups in total. The summed E-state index contributed by atoms with van der Waals surface area (Å²) in [5.74, 6) is -14.1. The summed E-state index contributed by atoms with van der Waals surface area (Å²) in [5.41, 5.74) is -7.72. The standard InChI is InChI=1S/2C27H21ClN4O3.C26H18ClN3O4.C25H16ClN3O4.2CH4.Li.H2O/c2*1-32(2)25(33)22-20(14-30)26(34)24-21(12-19(28)15-31-24)35-27(26,18-10-8-16(13-29)9-11-18)23(22)17-6-4-3-5-7-17;1-33-24(31)21-19(13-29)25(32)23-20(11-18(27)14-30-23)34-26(25,17-9-7-15(12-28)8-10-17)22(21)16-5-3-2-4-6-16;26-17-10-19-22(29-13-17)24(32)18(12-28)20(23(30)31)21(15-4-2-1-3-5-15)25(24,33-19)16-8-6-14(11-27)7-9-16;;;;/h2*3-12,15,20,22-23,34H,1-2H3;2-11,14,19,21-22,32H,1H3;1-10,13,18,20-21,32H,(H,30,31);2*1H4;;1H2/q;;;;;;+1;/p-1/t2*20-,22-,23+,26+,27-;19-,21-,22+,25+,26-;18-,20-,21+,24+,25-;;;;/m0000..../s1. The number of carboxylic acids is 1. The minimum atomic E-state index is -2.10. The Kier molecular flexibility index (Phi) is 29.1. The van der Waals surface area contributed by atoms with E-state index >= 15 is 0 Å². The largest absolute Gasteiger partial charge is 1.00 e. The maximum atomic E-state index is 13.6. The molecule has 8 aromatic carbocycles. The average molecular weight is 1960 g/mol. The van der Waals surface area contributed by atoms with Crippen LogP contribution in [0.25, 0.3) is 0 Å². The van der Waals surface area contributed by atoms with Gasteiger partial charge in [-0.2, -0.15) is 42.1 Å². The molecule has 4 fully saturated rings. The van der Waals surface area contributed by atoms with Crippen LogP contribution in [0.4, 0.5) is 0 Å². The van der Waals surface area contributed by atoms with Crippen LogP contribution in [0.15, 0.2) is 267 Å². The number of benzene rings is 8. The number of carbonyl (C=O) groups excluding carboxylic acids is 3. The van der Waals surface area contributed by atoms with E-state index in [0.29, 0.717) is 70.7 Å². The molecule has 29 nitrogen and oxygen atoms in total. The summed E-state index contributed by atoms with van der Waals surface area (Å²) in [7, 11) is 7.74. The first kappa shape index (κ1) is 103. The van der Waals surface area contributed by atoms with Crippen molar-refractivity contribution in [2.75, 3.05) is 35.3 Å². The SMILES string of the molecule is C.C.CN(C)C(=O)[C@@H]1[C@@H](c2ccccc2)[C@]2(c3ccc(C#N)cc3)Oc3cc(Cl)cnc3[C@]2(O)[C@H]1C#N.CN(C)C(=O)[C@@H]1[C@@H](c2ccccc2)[C@]2(c3ccc(C#N)cc3)Oc3cc(Cl)cnc3[C@]2(O)[C@H]1C#N.COC(=O)[C@@H]1[C@@H](c2ccccc2)[C@]2(c3ccc(C#N)cc3)Oc3cc(Cl)cnc3[C@]2(O)[C@H]1C#N.N#Cc1ccc([C@@]23Oc4cc(Cl)cnc4[C@]2(O)[C@@H](C#N)[C@H](C(=O)O)[C@H]3c2ccccc2)cc1.[Li+].[OH-].